The number of aryl methyl sites for hydroxylation is 1. The van der Waals surface area contributed by atoms with Crippen LogP contribution in [-0.4, -0.2) is 34.1 Å². The number of hydrogen-bond acceptors (Lipinski definition) is 5. The Balaban J connectivity index is 1.88. The monoisotopic (exact) mass is 335 g/mol. The number of nitrogens with zero attached hydrogens (tertiary/aromatic N) is 3. The lowest BCUT2D eigenvalue weighted by Gasteiger charge is -2.23. The zero-order valence-electron chi connectivity index (χ0n) is 13.1. The molecule has 3 rings (SSSR count). The van der Waals surface area contributed by atoms with Crippen molar-refractivity contribution in [2.45, 2.75) is 32.7 Å². The van der Waals surface area contributed by atoms with E-state index in [2.05, 4.69) is 10.1 Å². The van der Waals surface area contributed by atoms with Crippen molar-refractivity contribution in [2.75, 3.05) is 13.2 Å². The van der Waals surface area contributed by atoms with Gasteiger partial charge in [0.05, 0.1) is 17.7 Å². The summed E-state index contributed by atoms with van der Waals surface area (Å²) in [4.78, 5) is 18.9. The van der Waals surface area contributed by atoms with E-state index in [0.29, 0.717) is 24.1 Å². The zero-order valence-corrected chi connectivity index (χ0v) is 13.8. The van der Waals surface area contributed by atoms with Crippen LogP contribution in [-0.2, 0) is 0 Å². The summed E-state index contributed by atoms with van der Waals surface area (Å²) in [5, 5.41) is 4.37. The van der Waals surface area contributed by atoms with Gasteiger partial charge in [-0.2, -0.15) is 0 Å². The molecular weight excluding hydrogens is 318 g/mol. The number of halogens is 1. The summed E-state index contributed by atoms with van der Waals surface area (Å²) in [6, 6.07) is 5.05. The summed E-state index contributed by atoms with van der Waals surface area (Å²) in [5.74, 6) is 0.918. The van der Waals surface area contributed by atoms with Gasteiger partial charge in [0.25, 0.3) is 5.91 Å². The average Bonchev–Trinajstić information content (AvgIpc) is 3.17. The zero-order chi connectivity index (χ0) is 16.4. The summed E-state index contributed by atoms with van der Waals surface area (Å²) < 4.78 is 10.5. The number of rotatable bonds is 4. The molecule has 1 aliphatic heterocycles. The highest BCUT2D eigenvalue weighted by Gasteiger charge is 2.34. The van der Waals surface area contributed by atoms with E-state index in [-0.39, 0.29) is 17.6 Å². The molecule has 1 fully saturated rings. The fraction of sp³-hybridized carbons (Fsp3) is 0.438. The number of pyridine rings is 1. The van der Waals surface area contributed by atoms with Crippen LogP contribution in [0.15, 0.2) is 22.7 Å². The van der Waals surface area contributed by atoms with Crippen molar-refractivity contribution in [3.63, 3.8) is 0 Å². The first kappa shape index (κ1) is 15.8. The summed E-state index contributed by atoms with van der Waals surface area (Å²) in [6.07, 6.45) is 1.76. The molecule has 7 heteroatoms. The normalized spacial score (nSPS) is 17.5. The number of amides is 1. The molecule has 1 aliphatic rings. The van der Waals surface area contributed by atoms with E-state index < -0.39 is 0 Å². The van der Waals surface area contributed by atoms with E-state index in [9.17, 15) is 4.79 Å². The second-order valence-corrected chi connectivity index (χ2v) is 5.84. The van der Waals surface area contributed by atoms with Gasteiger partial charge in [-0.3, -0.25) is 4.79 Å². The molecule has 3 heterocycles. The van der Waals surface area contributed by atoms with Gasteiger partial charge >= 0.3 is 0 Å². The van der Waals surface area contributed by atoms with Crippen LogP contribution in [0.1, 0.15) is 47.7 Å². The molecule has 0 spiro atoms. The van der Waals surface area contributed by atoms with E-state index in [1.807, 2.05) is 19.9 Å². The first-order valence-electron chi connectivity index (χ1n) is 7.63. The van der Waals surface area contributed by atoms with Crippen molar-refractivity contribution in [3.05, 3.63) is 40.4 Å². The van der Waals surface area contributed by atoms with Crippen molar-refractivity contribution >= 4 is 17.5 Å². The predicted octanol–water partition coefficient (Wildman–Crippen LogP) is 3.41. The van der Waals surface area contributed by atoms with Gasteiger partial charge in [-0.15, -0.1) is 0 Å². The van der Waals surface area contributed by atoms with E-state index in [1.54, 1.807) is 17.0 Å². The van der Waals surface area contributed by atoms with Crippen LogP contribution in [0.2, 0.25) is 5.02 Å². The Morgan fingerprint density at radius 1 is 1.52 bits per heavy atom. The molecule has 0 aromatic carbocycles. The quantitative estimate of drug-likeness (QED) is 0.856. The topological polar surface area (TPSA) is 68.5 Å². The third-order valence-electron chi connectivity index (χ3n) is 3.82. The highest BCUT2D eigenvalue weighted by Crippen LogP contribution is 2.33. The third kappa shape index (κ3) is 3.17. The largest absolute Gasteiger partial charge is 0.478 e. The molecule has 0 N–H and O–H groups in total. The van der Waals surface area contributed by atoms with E-state index in [1.165, 1.54) is 0 Å². The number of carbonyl (C=O) groups is 1. The molecule has 122 valence electrons. The Kier molecular flexibility index (Phi) is 4.52. The standard InChI is InChI=1S/C16H18ClN3O3/c1-3-22-14-7-6-11(17)15(18-14)16(21)20-8-4-5-13(20)12-9-10(2)23-19-12/h6-7,9,13H,3-5,8H2,1-2H3/t13-/m1/s1. The Morgan fingerprint density at radius 2 is 2.35 bits per heavy atom. The molecule has 2 aromatic rings. The molecule has 2 aromatic heterocycles. The summed E-state index contributed by atoms with van der Waals surface area (Å²) >= 11 is 6.17. The lowest BCUT2D eigenvalue weighted by Crippen LogP contribution is -2.31. The number of likely N-dealkylation sites (tertiary alicyclic amines) is 1. The highest BCUT2D eigenvalue weighted by atomic mass is 35.5. The van der Waals surface area contributed by atoms with Crippen molar-refractivity contribution in [3.8, 4) is 5.88 Å². The van der Waals surface area contributed by atoms with E-state index in [0.717, 1.165) is 24.3 Å². The van der Waals surface area contributed by atoms with Crippen LogP contribution in [0, 0.1) is 6.92 Å². The molecule has 6 nitrogen and oxygen atoms in total. The number of carbonyl (C=O) groups excluding carboxylic acids is 1. The van der Waals surface area contributed by atoms with Crippen LogP contribution in [0.3, 0.4) is 0 Å². The number of hydrogen-bond donors (Lipinski definition) is 0. The Bertz CT molecular complexity index is 716. The van der Waals surface area contributed by atoms with Gasteiger partial charge in [0.2, 0.25) is 5.88 Å². The van der Waals surface area contributed by atoms with Crippen molar-refractivity contribution < 1.29 is 14.1 Å². The highest BCUT2D eigenvalue weighted by molar-refractivity contribution is 6.33. The number of aromatic nitrogens is 2. The van der Waals surface area contributed by atoms with Crippen LogP contribution in [0.25, 0.3) is 0 Å². The minimum Gasteiger partial charge on any atom is -0.478 e. The van der Waals surface area contributed by atoms with E-state index >= 15 is 0 Å². The molecule has 0 radical (unpaired) electrons. The fourth-order valence-electron chi connectivity index (χ4n) is 2.80. The molecule has 0 bridgehead atoms. The minimum atomic E-state index is -0.209. The number of ether oxygens (including phenoxy) is 1. The van der Waals surface area contributed by atoms with Crippen molar-refractivity contribution in [2.24, 2.45) is 0 Å². The maximum atomic E-state index is 12.9. The van der Waals surface area contributed by atoms with Gasteiger partial charge in [-0.25, -0.2) is 4.98 Å². The second kappa shape index (κ2) is 6.58. The Labute approximate surface area is 139 Å². The van der Waals surface area contributed by atoms with E-state index in [4.69, 9.17) is 20.9 Å². The smallest absolute Gasteiger partial charge is 0.274 e. The molecule has 1 atom stereocenters. The Hall–Kier alpha value is -2.08. The third-order valence-corrected chi connectivity index (χ3v) is 4.12. The van der Waals surface area contributed by atoms with Gasteiger partial charge in [0, 0.05) is 18.7 Å². The molecular formula is C16H18ClN3O3. The molecule has 0 aliphatic carbocycles. The maximum absolute atomic E-state index is 12.9. The molecule has 0 saturated carbocycles. The molecule has 1 saturated heterocycles. The maximum Gasteiger partial charge on any atom is 0.274 e. The second-order valence-electron chi connectivity index (χ2n) is 5.43. The van der Waals surface area contributed by atoms with Gasteiger partial charge in [-0.05, 0) is 32.8 Å². The molecule has 1 amide bonds. The molecule has 23 heavy (non-hydrogen) atoms. The lowest BCUT2D eigenvalue weighted by molar-refractivity contribution is 0.0724. The minimum absolute atomic E-state index is 0.103. The fourth-order valence-corrected chi connectivity index (χ4v) is 2.98. The predicted molar refractivity (Wildman–Crippen MR) is 84.7 cm³/mol. The first-order chi connectivity index (χ1) is 11.1. The summed E-state index contributed by atoms with van der Waals surface area (Å²) in [6.45, 7) is 4.82. The van der Waals surface area contributed by atoms with Crippen LogP contribution in [0.5, 0.6) is 5.88 Å². The van der Waals surface area contributed by atoms with Crippen molar-refractivity contribution in [1.82, 2.24) is 15.0 Å². The average molecular weight is 336 g/mol. The van der Waals surface area contributed by atoms with Crippen LogP contribution in [0.4, 0.5) is 0 Å². The van der Waals surface area contributed by atoms with Crippen LogP contribution < -0.4 is 4.74 Å². The van der Waals surface area contributed by atoms with Gasteiger partial charge < -0.3 is 14.2 Å². The van der Waals surface area contributed by atoms with Gasteiger partial charge in [-0.1, -0.05) is 16.8 Å². The van der Waals surface area contributed by atoms with Crippen molar-refractivity contribution in [1.29, 1.82) is 0 Å². The first-order valence-corrected chi connectivity index (χ1v) is 8.01. The molecule has 0 unspecified atom stereocenters. The van der Waals surface area contributed by atoms with Gasteiger partial charge in [0.15, 0.2) is 5.69 Å². The SMILES string of the molecule is CCOc1ccc(Cl)c(C(=O)N2CCC[C@@H]2c2cc(C)on2)n1. The van der Waals surface area contributed by atoms with Crippen LogP contribution >= 0.6 is 11.6 Å². The summed E-state index contributed by atoms with van der Waals surface area (Å²) in [5.41, 5.74) is 0.982. The summed E-state index contributed by atoms with van der Waals surface area (Å²) in [7, 11) is 0. The Morgan fingerprint density at radius 3 is 3.04 bits per heavy atom. The van der Waals surface area contributed by atoms with Gasteiger partial charge in [0.1, 0.15) is 11.5 Å². The lowest BCUT2D eigenvalue weighted by atomic mass is 10.1.